The predicted molar refractivity (Wildman–Crippen MR) is 118 cm³/mol. The zero-order chi connectivity index (χ0) is 21.4. The van der Waals surface area contributed by atoms with Gasteiger partial charge < -0.3 is 9.73 Å². The van der Waals surface area contributed by atoms with Gasteiger partial charge in [0, 0.05) is 18.0 Å². The number of carbonyl (C=O) groups excluding carboxylic acids is 1. The Kier molecular flexibility index (Phi) is 4.95. The summed E-state index contributed by atoms with van der Waals surface area (Å²) < 4.78 is 8.92. The SMILES string of the molecule is Cc1ccc(C)c(-c2cc3c4nnc(SCC(=O)NCc5ccco5)n4ccn3n2)c1. The summed E-state index contributed by atoms with van der Waals surface area (Å²) in [6.07, 6.45) is 5.33. The van der Waals surface area contributed by atoms with E-state index in [-0.39, 0.29) is 11.7 Å². The largest absolute Gasteiger partial charge is 0.467 e. The summed E-state index contributed by atoms with van der Waals surface area (Å²) in [5, 5.41) is 16.8. The third-order valence-corrected chi connectivity index (χ3v) is 5.97. The number of nitrogens with one attached hydrogen (secondary N) is 1. The fraction of sp³-hybridized carbons (Fsp3) is 0.182. The molecule has 1 aromatic carbocycles. The van der Waals surface area contributed by atoms with Crippen LogP contribution in [0.2, 0.25) is 0 Å². The van der Waals surface area contributed by atoms with E-state index in [1.165, 1.54) is 22.9 Å². The molecular formula is C22H20N6O2S. The van der Waals surface area contributed by atoms with Crippen molar-refractivity contribution in [3.05, 3.63) is 71.9 Å². The van der Waals surface area contributed by atoms with Gasteiger partial charge in [-0.1, -0.05) is 29.5 Å². The maximum Gasteiger partial charge on any atom is 0.230 e. The Balaban J connectivity index is 1.37. The minimum Gasteiger partial charge on any atom is -0.467 e. The van der Waals surface area contributed by atoms with Crippen molar-refractivity contribution in [1.82, 2.24) is 29.5 Å². The Labute approximate surface area is 182 Å². The molecule has 0 aliphatic carbocycles. The summed E-state index contributed by atoms with van der Waals surface area (Å²) in [7, 11) is 0. The van der Waals surface area contributed by atoms with E-state index in [9.17, 15) is 4.79 Å². The van der Waals surface area contributed by atoms with Crippen molar-refractivity contribution in [1.29, 1.82) is 0 Å². The van der Waals surface area contributed by atoms with Crippen molar-refractivity contribution >= 4 is 28.8 Å². The predicted octanol–water partition coefficient (Wildman–Crippen LogP) is 3.66. The lowest BCUT2D eigenvalue weighted by Crippen LogP contribution is -2.24. The highest BCUT2D eigenvalue weighted by atomic mass is 32.2. The van der Waals surface area contributed by atoms with Gasteiger partial charge in [-0.05, 0) is 43.7 Å². The molecule has 0 saturated heterocycles. The molecule has 0 fully saturated rings. The first-order valence-corrected chi connectivity index (χ1v) is 10.8. The second-order valence-corrected chi connectivity index (χ2v) is 8.24. The first-order valence-electron chi connectivity index (χ1n) is 9.81. The van der Waals surface area contributed by atoms with Crippen LogP contribution in [0.3, 0.4) is 0 Å². The minimum absolute atomic E-state index is 0.0965. The normalized spacial score (nSPS) is 11.4. The number of rotatable bonds is 6. The van der Waals surface area contributed by atoms with Crippen LogP contribution in [0.5, 0.6) is 0 Å². The highest BCUT2D eigenvalue weighted by Crippen LogP contribution is 2.27. The summed E-state index contributed by atoms with van der Waals surface area (Å²) in [6, 6.07) is 12.0. The Morgan fingerprint density at radius 1 is 1.16 bits per heavy atom. The second kappa shape index (κ2) is 7.92. The number of carbonyl (C=O) groups is 1. The average molecular weight is 433 g/mol. The number of aromatic nitrogens is 5. The molecule has 0 unspecified atom stereocenters. The smallest absolute Gasteiger partial charge is 0.230 e. The van der Waals surface area contributed by atoms with E-state index in [0.717, 1.165) is 16.8 Å². The van der Waals surface area contributed by atoms with Crippen LogP contribution >= 0.6 is 11.8 Å². The molecule has 0 spiro atoms. The third kappa shape index (κ3) is 3.79. The topological polar surface area (TPSA) is 89.7 Å². The van der Waals surface area contributed by atoms with Crippen LogP contribution in [0.15, 0.2) is 64.6 Å². The number of thioether (sulfide) groups is 1. The Bertz CT molecular complexity index is 1390. The minimum atomic E-state index is -0.0965. The van der Waals surface area contributed by atoms with Crippen molar-refractivity contribution in [3.8, 4) is 11.3 Å². The molecule has 5 aromatic rings. The summed E-state index contributed by atoms with van der Waals surface area (Å²) in [5.74, 6) is 0.856. The average Bonchev–Trinajstić information content (AvgIpc) is 3.51. The highest BCUT2D eigenvalue weighted by Gasteiger charge is 2.15. The molecule has 1 amide bonds. The summed E-state index contributed by atoms with van der Waals surface area (Å²) in [5.41, 5.74) is 5.91. The van der Waals surface area contributed by atoms with Crippen molar-refractivity contribution in [2.45, 2.75) is 25.5 Å². The van der Waals surface area contributed by atoms with E-state index in [1.54, 1.807) is 12.3 Å². The number of hydrogen-bond donors (Lipinski definition) is 1. The molecular weight excluding hydrogens is 412 g/mol. The molecule has 0 saturated carbocycles. The Morgan fingerprint density at radius 3 is 2.90 bits per heavy atom. The zero-order valence-electron chi connectivity index (χ0n) is 17.1. The third-order valence-electron chi connectivity index (χ3n) is 5.03. The monoisotopic (exact) mass is 432 g/mol. The maximum absolute atomic E-state index is 12.2. The van der Waals surface area contributed by atoms with Crippen LogP contribution in [-0.2, 0) is 11.3 Å². The molecule has 156 valence electrons. The molecule has 4 heterocycles. The van der Waals surface area contributed by atoms with Crippen LogP contribution in [0, 0.1) is 13.8 Å². The molecule has 0 aliphatic heterocycles. The fourth-order valence-corrected chi connectivity index (χ4v) is 4.16. The van der Waals surface area contributed by atoms with Crippen LogP contribution in [-0.4, -0.2) is 35.9 Å². The van der Waals surface area contributed by atoms with Crippen molar-refractivity contribution in [2.75, 3.05) is 5.75 Å². The summed E-state index contributed by atoms with van der Waals surface area (Å²) in [4.78, 5) is 12.2. The molecule has 5 rings (SSSR count). The molecule has 0 bridgehead atoms. The number of benzene rings is 1. The van der Waals surface area contributed by atoms with Crippen molar-refractivity contribution < 1.29 is 9.21 Å². The number of amides is 1. The van der Waals surface area contributed by atoms with Gasteiger partial charge in [-0.25, -0.2) is 4.52 Å². The molecule has 0 radical (unpaired) electrons. The second-order valence-electron chi connectivity index (χ2n) is 7.30. The van der Waals surface area contributed by atoms with Crippen molar-refractivity contribution in [3.63, 3.8) is 0 Å². The van der Waals surface area contributed by atoms with E-state index in [1.807, 2.05) is 33.4 Å². The van der Waals surface area contributed by atoms with Crippen LogP contribution < -0.4 is 5.32 Å². The van der Waals surface area contributed by atoms with E-state index in [0.29, 0.717) is 23.1 Å². The van der Waals surface area contributed by atoms with Gasteiger partial charge in [0.25, 0.3) is 0 Å². The summed E-state index contributed by atoms with van der Waals surface area (Å²) >= 11 is 1.34. The molecule has 4 aromatic heterocycles. The maximum atomic E-state index is 12.2. The van der Waals surface area contributed by atoms with E-state index >= 15 is 0 Å². The first-order chi connectivity index (χ1) is 15.1. The van der Waals surface area contributed by atoms with E-state index in [2.05, 4.69) is 47.6 Å². The standard InChI is InChI=1S/C22H20N6O2S/c1-14-5-6-15(2)17(10-14)18-11-19-21-24-25-22(27(21)7-8-28(19)26-18)31-13-20(29)23-12-16-4-3-9-30-16/h3-11H,12-13H2,1-2H3,(H,23,29). The number of hydrogen-bond acceptors (Lipinski definition) is 6. The van der Waals surface area contributed by atoms with Gasteiger partial charge in [0.15, 0.2) is 10.8 Å². The van der Waals surface area contributed by atoms with Gasteiger partial charge in [-0.2, -0.15) is 5.10 Å². The molecule has 0 atom stereocenters. The molecule has 1 N–H and O–H groups in total. The van der Waals surface area contributed by atoms with Gasteiger partial charge >= 0.3 is 0 Å². The Hall–Kier alpha value is -3.59. The van der Waals surface area contributed by atoms with Gasteiger partial charge in [-0.3, -0.25) is 9.20 Å². The lowest BCUT2D eigenvalue weighted by Gasteiger charge is -2.03. The summed E-state index contributed by atoms with van der Waals surface area (Å²) in [6.45, 7) is 4.52. The number of furan rings is 1. The lowest BCUT2D eigenvalue weighted by atomic mass is 10.0. The number of aryl methyl sites for hydroxylation is 2. The fourth-order valence-electron chi connectivity index (χ4n) is 3.41. The van der Waals surface area contributed by atoms with Gasteiger partial charge in [-0.15, -0.1) is 10.2 Å². The first kappa shape index (κ1) is 19.4. The van der Waals surface area contributed by atoms with Crippen molar-refractivity contribution in [2.24, 2.45) is 0 Å². The van der Waals surface area contributed by atoms with Gasteiger partial charge in [0.2, 0.25) is 5.91 Å². The molecule has 8 nitrogen and oxygen atoms in total. The molecule has 9 heteroatoms. The Morgan fingerprint density at radius 2 is 2.06 bits per heavy atom. The molecule has 0 aliphatic rings. The number of nitrogens with zero attached hydrogens (tertiary/aromatic N) is 5. The quantitative estimate of drug-likeness (QED) is 0.412. The van der Waals surface area contributed by atoms with Crippen LogP contribution in [0.1, 0.15) is 16.9 Å². The number of fused-ring (bicyclic) bond motifs is 3. The van der Waals surface area contributed by atoms with Crippen LogP contribution in [0.4, 0.5) is 0 Å². The zero-order valence-corrected chi connectivity index (χ0v) is 17.9. The van der Waals surface area contributed by atoms with E-state index < -0.39 is 0 Å². The lowest BCUT2D eigenvalue weighted by molar-refractivity contribution is -0.118. The molecule has 31 heavy (non-hydrogen) atoms. The van der Waals surface area contributed by atoms with E-state index in [4.69, 9.17) is 9.52 Å². The van der Waals surface area contributed by atoms with Gasteiger partial charge in [0.1, 0.15) is 11.3 Å². The van der Waals surface area contributed by atoms with Crippen LogP contribution in [0.25, 0.3) is 22.4 Å². The van der Waals surface area contributed by atoms with Gasteiger partial charge in [0.05, 0.1) is 24.3 Å². The highest BCUT2D eigenvalue weighted by molar-refractivity contribution is 7.99.